The molecule has 0 heterocycles. The van der Waals surface area contributed by atoms with Crippen LogP contribution < -0.4 is 10.0 Å². The van der Waals surface area contributed by atoms with E-state index < -0.39 is 14.9 Å². The second-order valence-corrected chi connectivity index (χ2v) is 7.27. The first-order valence-electron chi connectivity index (χ1n) is 7.38. The highest BCUT2D eigenvalue weighted by molar-refractivity contribution is 7.89. The summed E-state index contributed by atoms with van der Waals surface area (Å²) in [4.78, 5) is 10.7. The lowest BCUT2D eigenvalue weighted by atomic mass is 10.2. The van der Waals surface area contributed by atoms with Crippen LogP contribution in [0.1, 0.15) is 19.4 Å². The zero-order valence-corrected chi connectivity index (χ0v) is 14.2. The fraction of sp³-hybridized carbons (Fsp3) is 0.250. The van der Waals surface area contributed by atoms with Crippen molar-refractivity contribution in [1.29, 1.82) is 0 Å². The van der Waals surface area contributed by atoms with Crippen molar-refractivity contribution in [3.8, 4) is 0 Å². The number of hydrogen-bond acceptors (Lipinski definition) is 5. The van der Waals surface area contributed by atoms with Crippen LogP contribution in [0.4, 0.5) is 11.4 Å². The van der Waals surface area contributed by atoms with Crippen LogP contribution in [0.5, 0.6) is 0 Å². The van der Waals surface area contributed by atoms with Crippen LogP contribution in [0, 0.1) is 10.1 Å². The van der Waals surface area contributed by atoms with Gasteiger partial charge in [-0.2, -0.15) is 0 Å². The zero-order chi connectivity index (χ0) is 17.7. The SMILES string of the molecule is CC(C)NS(=O)(=O)c1cccc(CNc2ccccc2[N+](=O)[O-])c1. The van der Waals surface area contributed by atoms with Gasteiger partial charge in [0.1, 0.15) is 5.69 Å². The minimum absolute atomic E-state index is 0.0252. The molecule has 0 atom stereocenters. The summed E-state index contributed by atoms with van der Waals surface area (Å²) in [6.45, 7) is 3.77. The van der Waals surface area contributed by atoms with Gasteiger partial charge in [-0.1, -0.05) is 24.3 Å². The largest absolute Gasteiger partial charge is 0.375 e. The molecule has 0 aliphatic carbocycles. The number of nitro groups is 1. The van der Waals surface area contributed by atoms with Gasteiger partial charge in [0, 0.05) is 18.7 Å². The van der Waals surface area contributed by atoms with Crippen LogP contribution >= 0.6 is 0 Å². The van der Waals surface area contributed by atoms with E-state index in [0.29, 0.717) is 11.3 Å². The van der Waals surface area contributed by atoms with Gasteiger partial charge in [-0.15, -0.1) is 0 Å². The quantitative estimate of drug-likeness (QED) is 0.591. The summed E-state index contributed by atoms with van der Waals surface area (Å²) in [7, 11) is -3.57. The molecule has 128 valence electrons. The molecular formula is C16H19N3O4S. The number of hydrogen-bond donors (Lipinski definition) is 2. The van der Waals surface area contributed by atoms with Gasteiger partial charge in [-0.25, -0.2) is 13.1 Å². The molecule has 2 aromatic carbocycles. The fourth-order valence-corrected chi connectivity index (χ4v) is 3.50. The highest BCUT2D eigenvalue weighted by atomic mass is 32.2. The molecule has 2 rings (SSSR count). The van der Waals surface area contributed by atoms with Crippen LogP contribution in [0.15, 0.2) is 53.4 Å². The Labute approximate surface area is 140 Å². The lowest BCUT2D eigenvalue weighted by Crippen LogP contribution is -2.30. The third-order valence-corrected chi connectivity index (χ3v) is 4.84. The average molecular weight is 349 g/mol. The van der Waals surface area contributed by atoms with Crippen molar-refractivity contribution < 1.29 is 13.3 Å². The first-order chi connectivity index (χ1) is 11.3. The van der Waals surface area contributed by atoms with Gasteiger partial charge in [0.25, 0.3) is 5.69 Å². The molecule has 0 bridgehead atoms. The molecule has 0 unspecified atom stereocenters. The van der Waals surface area contributed by atoms with Crippen molar-refractivity contribution in [2.45, 2.75) is 31.3 Å². The van der Waals surface area contributed by atoms with E-state index in [1.54, 1.807) is 50.2 Å². The summed E-state index contributed by atoms with van der Waals surface area (Å²) < 4.78 is 26.9. The number of sulfonamides is 1. The molecule has 0 amide bonds. The van der Waals surface area contributed by atoms with E-state index in [-0.39, 0.29) is 23.2 Å². The van der Waals surface area contributed by atoms with Crippen molar-refractivity contribution >= 4 is 21.4 Å². The third kappa shape index (κ3) is 4.53. The number of nitrogens with zero attached hydrogens (tertiary/aromatic N) is 1. The number of rotatable bonds is 7. The summed E-state index contributed by atoms with van der Waals surface area (Å²) in [6.07, 6.45) is 0. The number of para-hydroxylation sites is 2. The van der Waals surface area contributed by atoms with Crippen LogP contribution in [0.3, 0.4) is 0 Å². The Morgan fingerprint density at radius 1 is 1.12 bits per heavy atom. The molecular weight excluding hydrogens is 330 g/mol. The van der Waals surface area contributed by atoms with E-state index >= 15 is 0 Å². The minimum Gasteiger partial charge on any atom is -0.375 e. The Hall–Kier alpha value is -2.45. The van der Waals surface area contributed by atoms with Gasteiger partial charge in [-0.05, 0) is 37.6 Å². The lowest BCUT2D eigenvalue weighted by Gasteiger charge is -2.11. The zero-order valence-electron chi connectivity index (χ0n) is 13.4. The van der Waals surface area contributed by atoms with Gasteiger partial charge in [-0.3, -0.25) is 10.1 Å². The van der Waals surface area contributed by atoms with Crippen LogP contribution in [-0.2, 0) is 16.6 Å². The molecule has 7 nitrogen and oxygen atoms in total. The van der Waals surface area contributed by atoms with Crippen LogP contribution in [-0.4, -0.2) is 19.4 Å². The van der Waals surface area contributed by atoms with E-state index in [2.05, 4.69) is 10.0 Å². The van der Waals surface area contributed by atoms with Gasteiger partial charge in [0.15, 0.2) is 0 Å². The minimum atomic E-state index is -3.57. The van der Waals surface area contributed by atoms with Crippen molar-refractivity contribution in [3.05, 3.63) is 64.2 Å². The Morgan fingerprint density at radius 3 is 2.50 bits per heavy atom. The maximum atomic E-state index is 12.2. The Kier molecular flexibility index (Phi) is 5.53. The van der Waals surface area contributed by atoms with Crippen LogP contribution in [0.2, 0.25) is 0 Å². The van der Waals surface area contributed by atoms with Gasteiger partial charge >= 0.3 is 0 Å². The highest BCUT2D eigenvalue weighted by Crippen LogP contribution is 2.24. The Balaban J connectivity index is 2.18. The standard InChI is InChI=1S/C16H19N3O4S/c1-12(2)18-24(22,23)14-7-5-6-13(10-14)11-17-15-8-3-4-9-16(15)19(20)21/h3-10,12,17-18H,11H2,1-2H3. The summed E-state index contributed by atoms with van der Waals surface area (Å²) in [5, 5.41) is 14.0. The van der Waals surface area contributed by atoms with Crippen LogP contribution in [0.25, 0.3) is 0 Å². The number of benzene rings is 2. The van der Waals surface area contributed by atoms with Crippen molar-refractivity contribution in [1.82, 2.24) is 4.72 Å². The van der Waals surface area contributed by atoms with E-state index in [4.69, 9.17) is 0 Å². The molecule has 0 aliphatic rings. The summed E-state index contributed by atoms with van der Waals surface area (Å²) in [5.74, 6) is 0. The molecule has 0 aliphatic heterocycles. The summed E-state index contributed by atoms with van der Waals surface area (Å²) >= 11 is 0. The highest BCUT2D eigenvalue weighted by Gasteiger charge is 2.16. The average Bonchev–Trinajstić information content (AvgIpc) is 2.52. The molecule has 0 aromatic heterocycles. The van der Waals surface area contributed by atoms with E-state index in [1.807, 2.05) is 0 Å². The molecule has 2 aromatic rings. The predicted molar refractivity (Wildman–Crippen MR) is 92.3 cm³/mol. The molecule has 0 spiro atoms. The predicted octanol–water partition coefficient (Wildman–Crippen LogP) is 2.89. The Bertz CT molecular complexity index is 835. The van der Waals surface area contributed by atoms with E-state index in [9.17, 15) is 18.5 Å². The molecule has 2 N–H and O–H groups in total. The molecule has 24 heavy (non-hydrogen) atoms. The first kappa shape index (κ1) is 17.9. The Morgan fingerprint density at radius 2 is 1.83 bits per heavy atom. The molecule has 0 saturated heterocycles. The third-order valence-electron chi connectivity index (χ3n) is 3.18. The maximum Gasteiger partial charge on any atom is 0.292 e. The first-order valence-corrected chi connectivity index (χ1v) is 8.86. The molecule has 0 fully saturated rings. The van der Waals surface area contributed by atoms with Gasteiger partial charge in [0.2, 0.25) is 10.0 Å². The van der Waals surface area contributed by atoms with Crippen molar-refractivity contribution in [2.24, 2.45) is 0 Å². The lowest BCUT2D eigenvalue weighted by molar-refractivity contribution is -0.384. The second kappa shape index (κ2) is 7.41. The second-order valence-electron chi connectivity index (χ2n) is 5.55. The smallest absolute Gasteiger partial charge is 0.292 e. The van der Waals surface area contributed by atoms with Crippen molar-refractivity contribution in [3.63, 3.8) is 0 Å². The maximum absolute atomic E-state index is 12.2. The summed E-state index contributed by atoms with van der Waals surface area (Å²) in [5.41, 5.74) is 1.07. The van der Waals surface area contributed by atoms with Crippen molar-refractivity contribution in [2.75, 3.05) is 5.32 Å². The molecule has 8 heteroatoms. The monoisotopic (exact) mass is 349 g/mol. The van der Waals surface area contributed by atoms with Gasteiger partial charge in [0.05, 0.1) is 9.82 Å². The normalized spacial score (nSPS) is 11.5. The number of nitrogens with one attached hydrogen (secondary N) is 2. The number of anilines is 1. The van der Waals surface area contributed by atoms with E-state index in [0.717, 1.165) is 0 Å². The molecule has 0 saturated carbocycles. The fourth-order valence-electron chi connectivity index (χ4n) is 2.18. The van der Waals surface area contributed by atoms with Gasteiger partial charge < -0.3 is 5.32 Å². The summed E-state index contributed by atoms with van der Waals surface area (Å²) in [6, 6.07) is 12.6. The molecule has 0 radical (unpaired) electrons. The topological polar surface area (TPSA) is 101 Å². The number of nitro benzene ring substituents is 1. The van der Waals surface area contributed by atoms with E-state index in [1.165, 1.54) is 12.1 Å².